The number of methoxy groups -OCH3 is 1. The van der Waals surface area contributed by atoms with Crippen molar-refractivity contribution in [3.05, 3.63) is 11.3 Å². The van der Waals surface area contributed by atoms with Gasteiger partial charge in [-0.15, -0.1) is 0 Å². The van der Waals surface area contributed by atoms with Gasteiger partial charge < -0.3 is 15.2 Å². The molecule has 0 aromatic carbocycles. The first-order valence-electron chi connectivity index (χ1n) is 5.57. The van der Waals surface area contributed by atoms with Gasteiger partial charge in [-0.2, -0.15) is 5.10 Å². The summed E-state index contributed by atoms with van der Waals surface area (Å²) in [5, 5.41) is 16.6. The highest BCUT2D eigenvalue weighted by Gasteiger charge is 2.15. The average molecular weight is 227 g/mol. The second-order valence-electron chi connectivity index (χ2n) is 3.88. The zero-order valence-corrected chi connectivity index (χ0v) is 10.4. The van der Waals surface area contributed by atoms with Gasteiger partial charge in [-0.1, -0.05) is 6.92 Å². The summed E-state index contributed by atoms with van der Waals surface area (Å²) in [7, 11) is 3.52. The molecule has 92 valence electrons. The SMILES string of the molecule is CCc1nn(C)c(OC)c1CN[C@H](C)CO. The van der Waals surface area contributed by atoms with Crippen LogP contribution in [-0.4, -0.2) is 34.6 Å². The highest BCUT2D eigenvalue weighted by Crippen LogP contribution is 2.21. The summed E-state index contributed by atoms with van der Waals surface area (Å²) in [4.78, 5) is 0. The van der Waals surface area contributed by atoms with Crippen molar-refractivity contribution in [3.63, 3.8) is 0 Å². The van der Waals surface area contributed by atoms with E-state index in [2.05, 4.69) is 17.3 Å². The van der Waals surface area contributed by atoms with E-state index in [4.69, 9.17) is 9.84 Å². The van der Waals surface area contributed by atoms with Crippen LogP contribution in [0.4, 0.5) is 0 Å². The Morgan fingerprint density at radius 2 is 2.25 bits per heavy atom. The summed E-state index contributed by atoms with van der Waals surface area (Å²) in [6.45, 7) is 4.81. The minimum Gasteiger partial charge on any atom is -0.481 e. The molecule has 1 aromatic rings. The summed E-state index contributed by atoms with van der Waals surface area (Å²) in [5.74, 6) is 0.787. The number of aliphatic hydroxyl groups excluding tert-OH is 1. The first-order valence-corrected chi connectivity index (χ1v) is 5.57. The third kappa shape index (κ3) is 2.74. The predicted octanol–water partition coefficient (Wildman–Crippen LogP) is 0.461. The molecule has 0 saturated heterocycles. The van der Waals surface area contributed by atoms with Crippen LogP contribution in [0.5, 0.6) is 5.88 Å². The molecule has 0 aliphatic carbocycles. The maximum Gasteiger partial charge on any atom is 0.216 e. The van der Waals surface area contributed by atoms with Gasteiger partial charge in [0, 0.05) is 19.6 Å². The van der Waals surface area contributed by atoms with Crippen molar-refractivity contribution in [3.8, 4) is 5.88 Å². The number of aliphatic hydroxyl groups is 1. The highest BCUT2D eigenvalue weighted by atomic mass is 16.5. The van der Waals surface area contributed by atoms with Crippen LogP contribution >= 0.6 is 0 Å². The Kier molecular flexibility index (Phi) is 4.76. The normalized spacial score (nSPS) is 12.8. The standard InChI is InChI=1S/C11H21N3O2/c1-5-10-9(6-12-8(2)7-15)11(16-4)14(3)13-10/h8,12,15H,5-7H2,1-4H3/t8-/m1/s1. The Bertz CT molecular complexity index is 336. The molecule has 2 N–H and O–H groups in total. The van der Waals surface area contributed by atoms with E-state index in [0.29, 0.717) is 6.54 Å². The van der Waals surface area contributed by atoms with E-state index in [1.165, 1.54) is 0 Å². The molecule has 0 unspecified atom stereocenters. The molecule has 0 amide bonds. The molecular weight excluding hydrogens is 206 g/mol. The minimum atomic E-state index is 0.0784. The van der Waals surface area contributed by atoms with Gasteiger partial charge in [0.05, 0.1) is 25.0 Å². The molecule has 0 fully saturated rings. The van der Waals surface area contributed by atoms with Crippen LogP contribution < -0.4 is 10.1 Å². The Balaban J connectivity index is 2.83. The Morgan fingerprint density at radius 3 is 2.75 bits per heavy atom. The van der Waals surface area contributed by atoms with Crippen LogP contribution in [0.3, 0.4) is 0 Å². The maximum atomic E-state index is 8.96. The van der Waals surface area contributed by atoms with E-state index in [0.717, 1.165) is 23.6 Å². The predicted molar refractivity (Wildman–Crippen MR) is 62.5 cm³/mol. The number of rotatable bonds is 6. The van der Waals surface area contributed by atoms with Gasteiger partial charge in [0.15, 0.2) is 0 Å². The van der Waals surface area contributed by atoms with Gasteiger partial charge >= 0.3 is 0 Å². The van der Waals surface area contributed by atoms with Crippen molar-refractivity contribution in [2.45, 2.75) is 32.9 Å². The number of hydrogen-bond donors (Lipinski definition) is 2. The monoisotopic (exact) mass is 227 g/mol. The number of ether oxygens (including phenoxy) is 1. The first kappa shape index (κ1) is 13.0. The van der Waals surface area contributed by atoms with E-state index in [1.54, 1.807) is 11.8 Å². The van der Waals surface area contributed by atoms with E-state index in [-0.39, 0.29) is 12.6 Å². The second-order valence-corrected chi connectivity index (χ2v) is 3.88. The fourth-order valence-corrected chi connectivity index (χ4v) is 1.66. The Labute approximate surface area is 96.4 Å². The third-order valence-corrected chi connectivity index (χ3v) is 2.60. The van der Waals surface area contributed by atoms with Crippen LogP contribution in [0.1, 0.15) is 25.1 Å². The van der Waals surface area contributed by atoms with E-state index in [1.807, 2.05) is 14.0 Å². The summed E-state index contributed by atoms with van der Waals surface area (Å²) < 4.78 is 7.07. The molecule has 1 atom stereocenters. The smallest absolute Gasteiger partial charge is 0.216 e. The zero-order chi connectivity index (χ0) is 12.1. The summed E-state index contributed by atoms with van der Waals surface area (Å²) in [5.41, 5.74) is 2.12. The fourth-order valence-electron chi connectivity index (χ4n) is 1.66. The first-order chi connectivity index (χ1) is 7.63. The van der Waals surface area contributed by atoms with Gasteiger partial charge in [0.2, 0.25) is 5.88 Å². The molecule has 1 heterocycles. The molecule has 0 bridgehead atoms. The number of aromatic nitrogens is 2. The van der Waals surface area contributed by atoms with Crippen LogP contribution in [0, 0.1) is 0 Å². The lowest BCUT2D eigenvalue weighted by atomic mass is 10.2. The summed E-state index contributed by atoms with van der Waals surface area (Å²) in [6, 6.07) is 0.0784. The molecule has 1 aromatic heterocycles. The Hall–Kier alpha value is -1.07. The molecule has 1 rings (SSSR count). The number of nitrogens with zero attached hydrogens (tertiary/aromatic N) is 2. The van der Waals surface area contributed by atoms with Crippen molar-refractivity contribution < 1.29 is 9.84 Å². The maximum absolute atomic E-state index is 8.96. The lowest BCUT2D eigenvalue weighted by Crippen LogP contribution is -2.29. The molecule has 0 saturated carbocycles. The van der Waals surface area contributed by atoms with Crippen LogP contribution in [0.2, 0.25) is 0 Å². The van der Waals surface area contributed by atoms with Gasteiger partial charge in [-0.05, 0) is 13.3 Å². The quantitative estimate of drug-likeness (QED) is 0.741. The molecule has 0 aliphatic rings. The lowest BCUT2D eigenvalue weighted by Gasteiger charge is -2.11. The minimum absolute atomic E-state index is 0.0784. The number of aryl methyl sites for hydroxylation is 2. The molecule has 5 nitrogen and oxygen atoms in total. The molecule has 0 spiro atoms. The average Bonchev–Trinajstić information content (AvgIpc) is 2.61. The molecule has 0 aliphatic heterocycles. The molecule has 16 heavy (non-hydrogen) atoms. The van der Waals surface area contributed by atoms with Gasteiger partial charge in [0.1, 0.15) is 0 Å². The third-order valence-electron chi connectivity index (χ3n) is 2.60. The van der Waals surface area contributed by atoms with Crippen molar-refractivity contribution in [1.82, 2.24) is 15.1 Å². The van der Waals surface area contributed by atoms with Crippen molar-refractivity contribution in [1.29, 1.82) is 0 Å². The van der Waals surface area contributed by atoms with Crippen molar-refractivity contribution >= 4 is 0 Å². The van der Waals surface area contributed by atoms with Gasteiger partial charge in [0.25, 0.3) is 0 Å². The lowest BCUT2D eigenvalue weighted by molar-refractivity contribution is 0.250. The molecular formula is C11H21N3O2. The van der Waals surface area contributed by atoms with Crippen LogP contribution in [-0.2, 0) is 20.0 Å². The van der Waals surface area contributed by atoms with E-state index in [9.17, 15) is 0 Å². The fraction of sp³-hybridized carbons (Fsp3) is 0.727. The largest absolute Gasteiger partial charge is 0.481 e. The number of nitrogens with one attached hydrogen (secondary N) is 1. The van der Waals surface area contributed by atoms with Crippen molar-refractivity contribution in [2.24, 2.45) is 7.05 Å². The van der Waals surface area contributed by atoms with Crippen LogP contribution in [0.25, 0.3) is 0 Å². The van der Waals surface area contributed by atoms with Crippen LogP contribution in [0.15, 0.2) is 0 Å². The van der Waals surface area contributed by atoms with Gasteiger partial charge in [-0.25, -0.2) is 4.68 Å². The zero-order valence-electron chi connectivity index (χ0n) is 10.4. The van der Waals surface area contributed by atoms with E-state index >= 15 is 0 Å². The summed E-state index contributed by atoms with van der Waals surface area (Å²) >= 11 is 0. The second kappa shape index (κ2) is 5.86. The molecule has 5 heteroatoms. The van der Waals surface area contributed by atoms with Gasteiger partial charge in [-0.3, -0.25) is 0 Å². The highest BCUT2D eigenvalue weighted by molar-refractivity contribution is 5.31. The topological polar surface area (TPSA) is 59.3 Å². The van der Waals surface area contributed by atoms with Crippen molar-refractivity contribution in [2.75, 3.05) is 13.7 Å². The summed E-state index contributed by atoms with van der Waals surface area (Å²) in [6.07, 6.45) is 0.877. The Morgan fingerprint density at radius 1 is 1.56 bits per heavy atom. The molecule has 0 radical (unpaired) electrons. The number of hydrogen-bond acceptors (Lipinski definition) is 4. The van der Waals surface area contributed by atoms with E-state index < -0.39 is 0 Å².